The van der Waals surface area contributed by atoms with Crippen LogP contribution in [0.2, 0.25) is 0 Å². The van der Waals surface area contributed by atoms with Crippen molar-refractivity contribution < 1.29 is 14.4 Å². The van der Waals surface area contributed by atoms with E-state index in [2.05, 4.69) is 121 Å². The number of fused-ring (bicyclic) bond motifs is 6. The minimum atomic E-state index is -0.248. The van der Waals surface area contributed by atoms with Gasteiger partial charge in [-0.2, -0.15) is 20.1 Å². The van der Waals surface area contributed by atoms with Crippen LogP contribution < -0.4 is 58.4 Å². The van der Waals surface area contributed by atoms with E-state index in [1.165, 1.54) is 42.7 Å². The molecule has 0 spiro atoms. The second-order valence-corrected chi connectivity index (χ2v) is 29.9. The van der Waals surface area contributed by atoms with Crippen molar-refractivity contribution in [1.82, 2.24) is 78.7 Å². The molecule has 6 fully saturated rings. The number of ketones is 3. The molecule has 27 heteroatoms. The number of aromatic amines is 1. The zero-order valence-corrected chi connectivity index (χ0v) is 62.2. The number of benzene rings is 2. The highest BCUT2D eigenvalue weighted by molar-refractivity contribution is 6.02. The number of hydrogen-bond acceptors (Lipinski definition) is 21. The van der Waals surface area contributed by atoms with Gasteiger partial charge in [0.15, 0.2) is 23.2 Å². The Morgan fingerprint density at radius 1 is 0.463 bits per heavy atom. The SMILES string of the molecule is CC(=O)c1c(C)c2cnc(Nc3ccc4c(N5CCNCC5)c[nH]c4c3)nc2n(C2CCCC2)c1=O.CC(=O)c1c(C)c2cnc(Nc3ccc4c(ccn4C4CCNCC4)c3)nc2n(C2CCCC2)c1=O.CC(=O)c1c(C)c2cnc(Nc3ccc4cc(N5CCNCC5)nn4c3)nc2n(C2CCCC2)c1=O. The maximum atomic E-state index is 13.4. The van der Waals surface area contributed by atoms with E-state index < -0.39 is 0 Å². The summed E-state index contributed by atoms with van der Waals surface area (Å²) in [6.07, 6.45) is 25.6. The zero-order valence-electron chi connectivity index (χ0n) is 62.2. The van der Waals surface area contributed by atoms with E-state index in [0.29, 0.717) is 57.5 Å². The van der Waals surface area contributed by atoms with Gasteiger partial charge < -0.3 is 51.3 Å². The van der Waals surface area contributed by atoms with E-state index in [1.807, 2.05) is 42.8 Å². The molecule has 558 valence electrons. The van der Waals surface area contributed by atoms with E-state index in [9.17, 15) is 28.8 Å². The summed E-state index contributed by atoms with van der Waals surface area (Å²) in [6.45, 7) is 19.7. The molecule has 27 nitrogen and oxygen atoms in total. The summed E-state index contributed by atoms with van der Waals surface area (Å²) >= 11 is 0. The molecule has 0 bridgehead atoms. The van der Waals surface area contributed by atoms with Gasteiger partial charge >= 0.3 is 0 Å². The first kappa shape index (κ1) is 71.2. The maximum Gasteiger partial charge on any atom is 0.263 e. The second kappa shape index (κ2) is 30.3. The predicted octanol–water partition coefficient (Wildman–Crippen LogP) is 12.3. The Balaban J connectivity index is 0.000000124. The van der Waals surface area contributed by atoms with E-state index in [4.69, 9.17) is 20.1 Å². The Kier molecular flexibility index (Phi) is 20.0. The van der Waals surface area contributed by atoms with Crippen LogP contribution in [0.3, 0.4) is 0 Å². The molecule has 18 rings (SSSR count). The normalized spacial score (nSPS) is 16.9. The smallest absolute Gasteiger partial charge is 0.263 e. The number of hydrogen-bond donors (Lipinski definition) is 7. The fourth-order valence-electron chi connectivity index (χ4n) is 17.4. The van der Waals surface area contributed by atoms with Gasteiger partial charge in [0.25, 0.3) is 16.7 Å². The number of aryl methyl sites for hydroxylation is 3. The number of rotatable bonds is 15. The van der Waals surface area contributed by atoms with E-state index in [-0.39, 0.29) is 68.8 Å². The number of carbonyl (C=O) groups is 3. The van der Waals surface area contributed by atoms with E-state index in [0.717, 1.165) is 205 Å². The van der Waals surface area contributed by atoms with Crippen molar-refractivity contribution in [2.24, 2.45) is 0 Å². The van der Waals surface area contributed by atoms with Crippen LogP contribution in [0.15, 0.2) is 112 Å². The molecule has 0 amide bonds. The molecule has 7 N–H and O–H groups in total. The van der Waals surface area contributed by atoms with E-state index in [1.54, 1.807) is 39.2 Å². The van der Waals surface area contributed by atoms with Gasteiger partial charge in [-0.15, -0.1) is 0 Å². The lowest BCUT2D eigenvalue weighted by molar-refractivity contribution is 0.100. The number of H-pyrrole nitrogens is 1. The standard InChI is InChI=1S/C28H32N6O2.C27H31N7O2.C26H30N8O2/c1-17-23-16-30-28(32-26(23)34(22-5-3-4-6-22)27(36)25(17)18(2)35)31-20-7-8-24-19(15-20)11-14-33(24)21-9-12-29-13-10-21;1-16-21-14-30-27(32-25(21)34(19-5-3-4-6-19)26(36)24(16)17(2)35)31-18-7-8-20-22(13-18)29-15-23(20)33-11-9-28-10-12-33;1-16-21-14-28-26(30-24(21)34(19-5-3-4-6-19)25(36)23(16)17(2)35)29-18-7-8-20-13-22(31-33(20)15-18)32-11-9-27-10-12-32/h7-8,11,14-16,21-22,29H,3-6,9-10,12-13H2,1-2H3,(H,30,31,32);7-8,13-15,19,28-29H,3-6,9-12H2,1-2H3,(H,30,31,32);7-8,13-15,19,27H,3-6,9-12H2,1-2H3,(H,28,29,30). The molecule has 2 aromatic carbocycles. The van der Waals surface area contributed by atoms with Gasteiger partial charge in [-0.1, -0.05) is 38.5 Å². The highest BCUT2D eigenvalue weighted by Crippen LogP contribution is 2.38. The lowest BCUT2D eigenvalue weighted by Gasteiger charge is -2.28. The van der Waals surface area contributed by atoms with Gasteiger partial charge in [0.2, 0.25) is 17.8 Å². The minimum Gasteiger partial charge on any atom is -0.367 e. The molecule has 108 heavy (non-hydrogen) atoms. The van der Waals surface area contributed by atoms with Gasteiger partial charge in [0.1, 0.15) is 16.9 Å². The number of Topliss-reactive ketones (excluding diaryl/α,β-unsaturated/α-hetero) is 3. The molecule has 0 radical (unpaired) electrons. The van der Waals surface area contributed by atoms with Gasteiger partial charge in [0, 0.05) is 163 Å². The second-order valence-electron chi connectivity index (χ2n) is 29.9. The highest BCUT2D eigenvalue weighted by atomic mass is 16.2. The monoisotopic (exact) mass is 1460 g/mol. The fraction of sp³-hybridized carbons (Fsp3) is 0.420. The molecule has 0 atom stereocenters. The average molecular weight is 1460 g/mol. The van der Waals surface area contributed by atoms with Crippen molar-refractivity contribution in [2.45, 2.75) is 156 Å². The van der Waals surface area contributed by atoms with Crippen LogP contribution in [0.4, 0.5) is 46.4 Å². The zero-order chi connectivity index (χ0) is 74.4. The van der Waals surface area contributed by atoms with Crippen LogP contribution in [0.1, 0.15) is 183 Å². The van der Waals surface area contributed by atoms with Crippen LogP contribution in [-0.2, 0) is 0 Å². The predicted molar refractivity (Wildman–Crippen MR) is 425 cm³/mol. The molecule has 0 unspecified atom stereocenters. The van der Waals surface area contributed by atoms with Crippen LogP contribution in [0.25, 0.3) is 60.4 Å². The van der Waals surface area contributed by atoms with Crippen LogP contribution >= 0.6 is 0 Å². The summed E-state index contributed by atoms with van der Waals surface area (Å²) in [4.78, 5) is 113. The lowest BCUT2D eigenvalue weighted by Crippen LogP contribution is -2.43. The van der Waals surface area contributed by atoms with Gasteiger partial charge in [-0.05, 0) is 177 Å². The van der Waals surface area contributed by atoms with Crippen molar-refractivity contribution >= 4 is 124 Å². The number of aromatic nitrogens is 13. The lowest BCUT2D eigenvalue weighted by atomic mass is 10.0. The first-order valence-corrected chi connectivity index (χ1v) is 38.4. The molecule has 13 heterocycles. The van der Waals surface area contributed by atoms with Crippen molar-refractivity contribution in [3.05, 3.63) is 162 Å². The summed E-state index contributed by atoms with van der Waals surface area (Å²) in [5.74, 6) is 1.59. The molecular formula is C81H93N21O6. The Labute approximate surface area is 623 Å². The van der Waals surface area contributed by atoms with Gasteiger partial charge in [-0.3, -0.25) is 42.5 Å². The quantitative estimate of drug-likeness (QED) is 0.0469. The molecule has 3 aliphatic carbocycles. The maximum absolute atomic E-state index is 13.4. The van der Waals surface area contributed by atoms with Crippen molar-refractivity contribution in [1.29, 1.82) is 0 Å². The number of piperidine rings is 1. The third-order valence-corrected chi connectivity index (χ3v) is 22.9. The molecule has 12 aromatic rings. The largest absolute Gasteiger partial charge is 0.367 e. The molecule has 10 aromatic heterocycles. The van der Waals surface area contributed by atoms with Crippen LogP contribution in [0, 0.1) is 20.8 Å². The Morgan fingerprint density at radius 2 is 0.898 bits per heavy atom. The topological polar surface area (TPSA) is 311 Å². The number of anilines is 8. The third-order valence-electron chi connectivity index (χ3n) is 22.9. The summed E-state index contributed by atoms with van der Waals surface area (Å²) < 4.78 is 9.48. The number of nitrogens with one attached hydrogen (secondary N) is 7. The van der Waals surface area contributed by atoms with E-state index >= 15 is 0 Å². The highest BCUT2D eigenvalue weighted by Gasteiger charge is 2.31. The van der Waals surface area contributed by atoms with Crippen molar-refractivity contribution in [3.8, 4) is 0 Å². The summed E-state index contributed by atoms with van der Waals surface area (Å²) in [5, 5.41) is 29.5. The number of nitrogens with zero attached hydrogens (tertiary/aromatic N) is 14. The Bertz CT molecular complexity index is 5240. The summed E-state index contributed by atoms with van der Waals surface area (Å²) in [7, 11) is 0. The van der Waals surface area contributed by atoms with Gasteiger partial charge in [-0.25, -0.2) is 19.5 Å². The Morgan fingerprint density at radius 3 is 1.38 bits per heavy atom. The molecule has 6 aliphatic rings. The third kappa shape index (κ3) is 13.9. The van der Waals surface area contributed by atoms with Crippen molar-refractivity contribution in [2.75, 3.05) is 91.2 Å². The molecule has 3 saturated carbocycles. The number of carbonyl (C=O) groups excluding carboxylic acids is 3. The average Bonchev–Trinajstić information content (AvgIpc) is 1.64. The van der Waals surface area contributed by atoms with Crippen LogP contribution in [0.5, 0.6) is 0 Å². The molecular weight excluding hydrogens is 1360 g/mol. The fourth-order valence-corrected chi connectivity index (χ4v) is 17.4. The number of pyridine rings is 4. The van der Waals surface area contributed by atoms with Gasteiger partial charge in [0.05, 0.1) is 39.8 Å². The van der Waals surface area contributed by atoms with Crippen LogP contribution in [-0.4, -0.2) is 146 Å². The number of piperazine rings is 2. The minimum absolute atomic E-state index is 0.0466. The molecule has 3 saturated heterocycles. The Hall–Kier alpha value is -11.0. The first-order valence-electron chi connectivity index (χ1n) is 38.4. The van der Waals surface area contributed by atoms with Crippen molar-refractivity contribution in [3.63, 3.8) is 0 Å². The summed E-state index contributed by atoms with van der Waals surface area (Å²) in [6, 6.07) is 21.5. The first-order chi connectivity index (χ1) is 52.5. The molecule has 3 aliphatic heterocycles. The summed E-state index contributed by atoms with van der Waals surface area (Å²) in [5.41, 5.74) is 10.8.